The van der Waals surface area contributed by atoms with E-state index in [1.54, 1.807) is 11.3 Å². The van der Waals surface area contributed by atoms with Gasteiger partial charge in [0.25, 0.3) is 0 Å². The number of likely N-dealkylation sites (tertiary alicyclic amines) is 1. The average molecular weight is 336 g/mol. The molecule has 1 amide bonds. The molecule has 5 nitrogen and oxygen atoms in total. The van der Waals surface area contributed by atoms with Gasteiger partial charge in [-0.05, 0) is 51.2 Å². The van der Waals surface area contributed by atoms with Gasteiger partial charge in [-0.3, -0.25) is 4.79 Å². The highest BCUT2D eigenvalue weighted by molar-refractivity contribution is 8.01. The predicted molar refractivity (Wildman–Crippen MR) is 93.4 cm³/mol. The number of thiazole rings is 1. The molecule has 0 aliphatic carbocycles. The lowest BCUT2D eigenvalue weighted by atomic mass is 10.1. The standard InChI is InChI=1S/C15H20N4OS2/c1-19-6-4-11(5-7-19)17-14(20)9-21-15-18-12-3-2-10(16)8-13(12)22-15/h2-3,8,11H,4-7,9,16H2,1H3,(H,17,20). The number of thioether (sulfide) groups is 1. The number of carbonyl (C=O) groups is 1. The van der Waals surface area contributed by atoms with Crippen LogP contribution in [0.3, 0.4) is 0 Å². The molecule has 0 spiro atoms. The molecule has 1 aliphatic heterocycles. The van der Waals surface area contributed by atoms with Gasteiger partial charge in [-0.1, -0.05) is 11.8 Å². The summed E-state index contributed by atoms with van der Waals surface area (Å²) >= 11 is 3.08. The van der Waals surface area contributed by atoms with E-state index in [1.165, 1.54) is 11.8 Å². The molecule has 0 atom stereocenters. The Kier molecular flexibility index (Phi) is 4.85. The number of amides is 1. The number of fused-ring (bicyclic) bond motifs is 1. The quantitative estimate of drug-likeness (QED) is 0.661. The van der Waals surface area contributed by atoms with Gasteiger partial charge in [0.05, 0.1) is 16.0 Å². The minimum Gasteiger partial charge on any atom is -0.399 e. The number of nitrogens with one attached hydrogen (secondary N) is 1. The number of hydrogen-bond donors (Lipinski definition) is 2. The Balaban J connectivity index is 1.51. The van der Waals surface area contributed by atoms with Crippen molar-refractivity contribution in [3.8, 4) is 0 Å². The Morgan fingerprint density at radius 3 is 3.05 bits per heavy atom. The fourth-order valence-electron chi connectivity index (χ4n) is 2.53. The summed E-state index contributed by atoms with van der Waals surface area (Å²) in [6.07, 6.45) is 2.07. The second-order valence-corrected chi connectivity index (χ2v) is 7.89. The maximum atomic E-state index is 12.0. The summed E-state index contributed by atoms with van der Waals surface area (Å²) in [4.78, 5) is 18.9. The minimum atomic E-state index is 0.0957. The molecule has 0 radical (unpaired) electrons. The van der Waals surface area contributed by atoms with Crippen molar-refractivity contribution in [2.75, 3.05) is 31.6 Å². The summed E-state index contributed by atoms with van der Waals surface area (Å²) in [6.45, 7) is 2.11. The van der Waals surface area contributed by atoms with Gasteiger partial charge < -0.3 is 16.0 Å². The number of carbonyl (C=O) groups excluding carboxylic acids is 1. The third-order valence-corrected chi connectivity index (χ3v) is 5.96. The van der Waals surface area contributed by atoms with Crippen molar-refractivity contribution in [3.63, 3.8) is 0 Å². The fourth-order valence-corrected chi connectivity index (χ4v) is 4.46. The van der Waals surface area contributed by atoms with Gasteiger partial charge in [-0.15, -0.1) is 11.3 Å². The first-order valence-corrected chi connectivity index (χ1v) is 9.17. The van der Waals surface area contributed by atoms with Crippen LogP contribution >= 0.6 is 23.1 Å². The maximum absolute atomic E-state index is 12.0. The molecule has 2 heterocycles. The highest BCUT2D eigenvalue weighted by atomic mass is 32.2. The summed E-state index contributed by atoms with van der Waals surface area (Å²) in [5.74, 6) is 0.514. The van der Waals surface area contributed by atoms with Crippen LogP contribution in [0.25, 0.3) is 10.2 Å². The van der Waals surface area contributed by atoms with Crippen LogP contribution in [0.5, 0.6) is 0 Å². The number of anilines is 1. The first kappa shape index (κ1) is 15.6. The predicted octanol–water partition coefficient (Wildman–Crippen LogP) is 2.18. The molecule has 1 fully saturated rings. The molecular formula is C15H20N4OS2. The number of rotatable bonds is 4. The van der Waals surface area contributed by atoms with Crippen LogP contribution in [-0.4, -0.2) is 47.7 Å². The molecule has 0 unspecified atom stereocenters. The van der Waals surface area contributed by atoms with E-state index in [0.29, 0.717) is 11.8 Å². The zero-order valence-electron chi connectivity index (χ0n) is 12.5. The number of nitrogens with two attached hydrogens (primary N) is 1. The van der Waals surface area contributed by atoms with E-state index in [0.717, 1.165) is 46.2 Å². The van der Waals surface area contributed by atoms with Crippen LogP contribution in [0, 0.1) is 0 Å². The van der Waals surface area contributed by atoms with Crippen molar-refractivity contribution in [1.29, 1.82) is 0 Å². The molecule has 1 aromatic heterocycles. The smallest absolute Gasteiger partial charge is 0.230 e. The Morgan fingerprint density at radius 1 is 1.50 bits per heavy atom. The molecule has 3 rings (SSSR count). The van der Waals surface area contributed by atoms with E-state index < -0.39 is 0 Å². The van der Waals surface area contributed by atoms with Crippen LogP contribution in [0.2, 0.25) is 0 Å². The molecule has 3 N–H and O–H groups in total. The Bertz CT molecular complexity index is 665. The number of piperidine rings is 1. The highest BCUT2D eigenvalue weighted by Crippen LogP contribution is 2.30. The Labute approximate surface area is 138 Å². The summed E-state index contributed by atoms with van der Waals surface area (Å²) in [5.41, 5.74) is 7.46. The van der Waals surface area contributed by atoms with Gasteiger partial charge in [-0.25, -0.2) is 4.98 Å². The Morgan fingerprint density at radius 2 is 2.27 bits per heavy atom. The number of nitrogen functional groups attached to an aromatic ring is 1. The summed E-state index contributed by atoms with van der Waals surface area (Å²) in [7, 11) is 2.12. The van der Waals surface area contributed by atoms with E-state index >= 15 is 0 Å². The fraction of sp³-hybridized carbons (Fsp3) is 0.467. The van der Waals surface area contributed by atoms with Crippen molar-refractivity contribution < 1.29 is 4.79 Å². The number of benzene rings is 1. The van der Waals surface area contributed by atoms with Crippen molar-refractivity contribution in [1.82, 2.24) is 15.2 Å². The van der Waals surface area contributed by atoms with E-state index in [2.05, 4.69) is 22.2 Å². The molecule has 7 heteroatoms. The largest absolute Gasteiger partial charge is 0.399 e. The van der Waals surface area contributed by atoms with E-state index in [-0.39, 0.29) is 5.91 Å². The molecule has 2 aromatic rings. The lowest BCUT2D eigenvalue weighted by molar-refractivity contribution is -0.119. The van der Waals surface area contributed by atoms with Crippen LogP contribution in [-0.2, 0) is 4.79 Å². The van der Waals surface area contributed by atoms with E-state index in [1.807, 2.05) is 18.2 Å². The molecule has 0 bridgehead atoms. The first-order chi connectivity index (χ1) is 10.6. The SMILES string of the molecule is CN1CCC(NC(=O)CSc2nc3ccc(N)cc3s2)CC1. The van der Waals surface area contributed by atoms with Gasteiger partial charge in [0.1, 0.15) is 0 Å². The molecule has 1 saturated heterocycles. The van der Waals surface area contributed by atoms with Gasteiger partial charge in [-0.2, -0.15) is 0 Å². The van der Waals surface area contributed by atoms with E-state index in [9.17, 15) is 4.79 Å². The van der Waals surface area contributed by atoms with Crippen molar-refractivity contribution in [2.45, 2.75) is 23.2 Å². The highest BCUT2D eigenvalue weighted by Gasteiger charge is 2.18. The molecule has 22 heavy (non-hydrogen) atoms. The molecule has 1 aliphatic rings. The maximum Gasteiger partial charge on any atom is 0.230 e. The van der Waals surface area contributed by atoms with Crippen LogP contribution in [0.1, 0.15) is 12.8 Å². The summed E-state index contributed by atoms with van der Waals surface area (Å²) < 4.78 is 1.98. The van der Waals surface area contributed by atoms with Gasteiger partial charge in [0.2, 0.25) is 5.91 Å². The van der Waals surface area contributed by atoms with Crippen molar-refractivity contribution in [3.05, 3.63) is 18.2 Å². The summed E-state index contributed by atoms with van der Waals surface area (Å²) in [6, 6.07) is 6.02. The lowest BCUT2D eigenvalue weighted by Crippen LogP contribution is -2.43. The lowest BCUT2D eigenvalue weighted by Gasteiger charge is -2.29. The van der Waals surface area contributed by atoms with Crippen molar-refractivity contribution >= 4 is 44.9 Å². The number of aromatic nitrogens is 1. The zero-order chi connectivity index (χ0) is 15.5. The minimum absolute atomic E-state index is 0.0957. The topological polar surface area (TPSA) is 71.2 Å². The number of nitrogens with zero attached hydrogens (tertiary/aromatic N) is 2. The van der Waals surface area contributed by atoms with Crippen LogP contribution in [0.15, 0.2) is 22.5 Å². The van der Waals surface area contributed by atoms with Crippen LogP contribution < -0.4 is 11.1 Å². The summed E-state index contributed by atoms with van der Waals surface area (Å²) in [5, 5.41) is 3.12. The normalized spacial score (nSPS) is 17.0. The molecule has 0 saturated carbocycles. The second kappa shape index (κ2) is 6.85. The van der Waals surface area contributed by atoms with Gasteiger partial charge >= 0.3 is 0 Å². The molecule has 1 aromatic carbocycles. The zero-order valence-corrected chi connectivity index (χ0v) is 14.2. The Hall–Kier alpha value is -1.31. The van der Waals surface area contributed by atoms with Gasteiger partial charge in [0.15, 0.2) is 4.34 Å². The first-order valence-electron chi connectivity index (χ1n) is 7.37. The second-order valence-electron chi connectivity index (χ2n) is 5.64. The monoisotopic (exact) mass is 336 g/mol. The van der Waals surface area contributed by atoms with E-state index in [4.69, 9.17) is 5.73 Å². The average Bonchev–Trinajstić information content (AvgIpc) is 2.89. The third kappa shape index (κ3) is 3.91. The van der Waals surface area contributed by atoms with Crippen molar-refractivity contribution in [2.24, 2.45) is 0 Å². The molecule has 118 valence electrons. The number of hydrogen-bond acceptors (Lipinski definition) is 6. The molecular weight excluding hydrogens is 316 g/mol. The van der Waals surface area contributed by atoms with Crippen LogP contribution in [0.4, 0.5) is 5.69 Å². The van der Waals surface area contributed by atoms with Gasteiger partial charge in [0, 0.05) is 11.7 Å². The third-order valence-electron chi connectivity index (χ3n) is 3.80.